The molecule has 150 valence electrons. The molecule has 0 radical (unpaired) electrons. The molecule has 0 bridgehead atoms. The van der Waals surface area contributed by atoms with Crippen LogP contribution in [-0.4, -0.2) is 52.1 Å². The van der Waals surface area contributed by atoms with E-state index in [2.05, 4.69) is 16.5 Å². The van der Waals surface area contributed by atoms with Crippen LogP contribution in [0.2, 0.25) is 5.02 Å². The van der Waals surface area contributed by atoms with E-state index in [-0.39, 0.29) is 6.61 Å². The van der Waals surface area contributed by atoms with Gasteiger partial charge in [0, 0.05) is 30.1 Å². The normalized spacial score (nSPS) is 10.9. The minimum absolute atomic E-state index is 0.0701. The van der Waals surface area contributed by atoms with E-state index >= 15 is 0 Å². The number of carboxylic acid groups (broad SMARTS) is 2. The van der Waals surface area contributed by atoms with E-state index in [0.29, 0.717) is 41.6 Å². The molecule has 2 rings (SSSR count). The summed E-state index contributed by atoms with van der Waals surface area (Å²) in [6, 6.07) is 8.64. The van der Waals surface area contributed by atoms with Gasteiger partial charge in [-0.05, 0) is 18.7 Å². The van der Waals surface area contributed by atoms with Crippen LogP contribution in [0.3, 0.4) is 0 Å². The third-order valence-electron chi connectivity index (χ3n) is 3.16. The molecule has 4 N–H and O–H groups in total. The van der Waals surface area contributed by atoms with E-state index in [9.17, 15) is 0 Å². The lowest BCUT2D eigenvalue weighted by Gasteiger charge is -2.18. The molecule has 1 atom stereocenters. The van der Waals surface area contributed by atoms with Crippen molar-refractivity contribution in [2.75, 3.05) is 19.7 Å². The van der Waals surface area contributed by atoms with Crippen LogP contribution in [0.4, 0.5) is 0 Å². The molecule has 0 saturated heterocycles. The number of hydrogen-bond donors (Lipinski definition) is 4. The van der Waals surface area contributed by atoms with Gasteiger partial charge in [-0.15, -0.1) is 0 Å². The Bertz CT molecular complexity index is 794. The zero-order valence-electron chi connectivity index (χ0n) is 14.5. The zero-order valence-corrected chi connectivity index (χ0v) is 15.3. The summed E-state index contributed by atoms with van der Waals surface area (Å²) in [6.07, 6.45) is 1.72. The van der Waals surface area contributed by atoms with Gasteiger partial charge in [0.25, 0.3) is 0 Å². The number of aliphatic hydroxyl groups excluding tert-OH is 1. The third-order valence-corrected chi connectivity index (χ3v) is 3.40. The van der Waals surface area contributed by atoms with E-state index in [0.717, 1.165) is 0 Å². The molecule has 28 heavy (non-hydrogen) atoms. The number of aliphatic carboxylic acids is 2. The summed E-state index contributed by atoms with van der Waals surface area (Å²) in [5.74, 6) is -2.68. The van der Waals surface area contributed by atoms with Gasteiger partial charge in [-0.2, -0.15) is 5.26 Å². The number of carbonyl (C=O) groups is 2. The molecule has 10 nitrogen and oxygen atoms in total. The number of nitriles is 1. The first-order chi connectivity index (χ1) is 13.4. The first-order valence-corrected chi connectivity index (χ1v) is 8.31. The van der Waals surface area contributed by atoms with Gasteiger partial charge in [0.2, 0.25) is 0 Å². The van der Waals surface area contributed by atoms with Crippen LogP contribution >= 0.6 is 11.6 Å². The molecule has 0 aliphatic heterocycles. The lowest BCUT2D eigenvalue weighted by molar-refractivity contribution is -0.159. The fourth-order valence-corrected chi connectivity index (χ4v) is 2.09. The highest BCUT2D eigenvalue weighted by Gasteiger charge is 2.19. The van der Waals surface area contributed by atoms with Crippen LogP contribution < -0.4 is 10.1 Å². The van der Waals surface area contributed by atoms with Crippen molar-refractivity contribution in [2.24, 2.45) is 0 Å². The topological polar surface area (TPSA) is 166 Å². The number of halogens is 1. The molecule has 0 saturated carbocycles. The van der Waals surface area contributed by atoms with Crippen molar-refractivity contribution < 1.29 is 34.2 Å². The second-order valence-electron chi connectivity index (χ2n) is 5.15. The number of aliphatic hydroxyl groups is 1. The average Bonchev–Trinajstić information content (AvgIpc) is 3.19. The maximum absolute atomic E-state index is 9.15. The number of benzene rings is 1. The van der Waals surface area contributed by atoms with E-state index in [4.69, 9.17) is 51.0 Å². The molecule has 1 aromatic carbocycles. The maximum atomic E-state index is 9.15. The highest BCUT2D eigenvalue weighted by molar-refractivity contribution is 6.30. The van der Waals surface area contributed by atoms with E-state index in [1.165, 1.54) is 6.20 Å². The molecule has 0 spiro atoms. The van der Waals surface area contributed by atoms with Crippen molar-refractivity contribution in [1.82, 2.24) is 10.5 Å². The van der Waals surface area contributed by atoms with Crippen molar-refractivity contribution >= 4 is 23.5 Å². The standard InChI is InChI=1S/C15H16ClN3O3.C2H2O4/c16-12-2-1-11(10-17)15(9-12)21-13(3-5-18-7-8-20)14-4-6-19-22-14;3-1(4)2(5)6/h1-2,4,6,9,13,18,20H,3,5,7-8H2;(H,3,4)(H,5,6). The fourth-order valence-electron chi connectivity index (χ4n) is 1.93. The number of ether oxygens (including phenoxy) is 1. The first kappa shape index (κ1) is 22.9. The summed E-state index contributed by atoms with van der Waals surface area (Å²) in [7, 11) is 0. The second-order valence-corrected chi connectivity index (χ2v) is 5.58. The molecule has 0 fully saturated rings. The molecular formula is C17H18ClN3O7. The smallest absolute Gasteiger partial charge is 0.414 e. The minimum Gasteiger partial charge on any atom is -0.481 e. The lowest BCUT2D eigenvalue weighted by Crippen LogP contribution is -2.22. The Morgan fingerprint density at radius 2 is 2.00 bits per heavy atom. The van der Waals surface area contributed by atoms with Gasteiger partial charge >= 0.3 is 11.9 Å². The second kappa shape index (κ2) is 12.3. The highest BCUT2D eigenvalue weighted by Crippen LogP contribution is 2.29. The van der Waals surface area contributed by atoms with Crippen molar-refractivity contribution in [3.05, 3.63) is 46.8 Å². The van der Waals surface area contributed by atoms with E-state index in [1.807, 2.05) is 0 Å². The third kappa shape index (κ3) is 8.05. The molecule has 2 aromatic rings. The zero-order chi connectivity index (χ0) is 20.9. The summed E-state index contributed by atoms with van der Waals surface area (Å²) in [5.41, 5.74) is 0.400. The van der Waals surface area contributed by atoms with Crippen molar-refractivity contribution in [3.63, 3.8) is 0 Å². The largest absolute Gasteiger partial charge is 0.481 e. The van der Waals surface area contributed by atoms with Crippen LogP contribution in [0, 0.1) is 11.3 Å². The molecular weight excluding hydrogens is 394 g/mol. The average molecular weight is 412 g/mol. The van der Waals surface area contributed by atoms with Gasteiger partial charge in [-0.25, -0.2) is 9.59 Å². The minimum atomic E-state index is -1.82. The van der Waals surface area contributed by atoms with Crippen molar-refractivity contribution in [2.45, 2.75) is 12.5 Å². The summed E-state index contributed by atoms with van der Waals surface area (Å²) in [4.78, 5) is 18.2. The van der Waals surface area contributed by atoms with Gasteiger partial charge in [0.15, 0.2) is 11.9 Å². The van der Waals surface area contributed by atoms with Gasteiger partial charge in [0.1, 0.15) is 11.8 Å². The fraction of sp³-hybridized carbons (Fsp3) is 0.294. The van der Waals surface area contributed by atoms with Crippen molar-refractivity contribution in [3.8, 4) is 11.8 Å². The molecule has 0 amide bonds. The van der Waals surface area contributed by atoms with E-state index in [1.54, 1.807) is 24.3 Å². The van der Waals surface area contributed by atoms with Gasteiger partial charge in [0.05, 0.1) is 18.4 Å². The van der Waals surface area contributed by atoms with Crippen molar-refractivity contribution in [1.29, 1.82) is 5.26 Å². The van der Waals surface area contributed by atoms with Gasteiger partial charge in [-0.1, -0.05) is 16.8 Å². The van der Waals surface area contributed by atoms with E-state index < -0.39 is 18.0 Å². The van der Waals surface area contributed by atoms with Crippen LogP contribution in [0.1, 0.15) is 23.8 Å². The van der Waals surface area contributed by atoms with Crippen LogP contribution in [0.5, 0.6) is 5.75 Å². The Morgan fingerprint density at radius 3 is 2.54 bits per heavy atom. The number of aromatic nitrogens is 1. The molecule has 1 aromatic heterocycles. The SMILES string of the molecule is N#Cc1ccc(Cl)cc1OC(CCNCCO)c1ccno1.O=C(O)C(=O)O. The number of hydrogen-bond acceptors (Lipinski definition) is 8. The number of rotatable bonds is 8. The molecule has 0 aliphatic carbocycles. The quantitative estimate of drug-likeness (QED) is 0.368. The highest BCUT2D eigenvalue weighted by atomic mass is 35.5. The first-order valence-electron chi connectivity index (χ1n) is 7.93. The van der Waals surface area contributed by atoms with Crippen LogP contribution in [0.25, 0.3) is 0 Å². The number of nitrogens with zero attached hydrogens (tertiary/aromatic N) is 2. The molecule has 11 heteroatoms. The Labute approximate surface area is 164 Å². The predicted octanol–water partition coefficient (Wildman–Crippen LogP) is 1.45. The summed E-state index contributed by atoms with van der Waals surface area (Å²) in [5, 5.41) is 40.0. The van der Waals surface area contributed by atoms with Crippen LogP contribution in [-0.2, 0) is 9.59 Å². The number of carboxylic acids is 2. The number of nitrogens with one attached hydrogen (secondary N) is 1. The molecule has 1 heterocycles. The monoisotopic (exact) mass is 411 g/mol. The predicted molar refractivity (Wildman–Crippen MR) is 95.9 cm³/mol. The lowest BCUT2D eigenvalue weighted by atomic mass is 10.1. The van der Waals surface area contributed by atoms with Gasteiger partial charge < -0.3 is 29.9 Å². The maximum Gasteiger partial charge on any atom is 0.414 e. The summed E-state index contributed by atoms with van der Waals surface area (Å²) in [6.45, 7) is 1.19. The molecule has 1 unspecified atom stereocenters. The summed E-state index contributed by atoms with van der Waals surface area (Å²) >= 11 is 5.96. The van der Waals surface area contributed by atoms with Gasteiger partial charge in [-0.3, -0.25) is 0 Å². The Kier molecular flexibility index (Phi) is 10.1. The molecule has 0 aliphatic rings. The summed E-state index contributed by atoms with van der Waals surface area (Å²) < 4.78 is 11.1. The Morgan fingerprint density at radius 1 is 1.29 bits per heavy atom. The Balaban J connectivity index is 0.000000568. The Hall–Kier alpha value is -3.13. The van der Waals surface area contributed by atoms with Crippen LogP contribution in [0.15, 0.2) is 35.0 Å².